The fraction of sp³-hybridized carbons (Fsp3) is 0.500. The van der Waals surface area contributed by atoms with Gasteiger partial charge in [0.15, 0.2) is 0 Å². The van der Waals surface area contributed by atoms with Crippen molar-refractivity contribution in [2.24, 2.45) is 0 Å². The quantitative estimate of drug-likeness (QED) is 0.784. The first-order chi connectivity index (χ1) is 6.81. The minimum atomic E-state index is 0.722. The van der Waals surface area contributed by atoms with E-state index in [4.69, 9.17) is 0 Å². The van der Waals surface area contributed by atoms with Crippen LogP contribution in [0.25, 0.3) is 0 Å². The Morgan fingerprint density at radius 1 is 1.50 bits per heavy atom. The zero-order chi connectivity index (χ0) is 9.97. The molecule has 14 heavy (non-hydrogen) atoms. The van der Waals surface area contributed by atoms with E-state index in [1.54, 1.807) is 0 Å². The van der Waals surface area contributed by atoms with Crippen molar-refractivity contribution in [3.8, 4) is 0 Å². The highest BCUT2D eigenvalue weighted by atomic mass is 15.2. The first-order valence-electron chi connectivity index (χ1n) is 5.31. The van der Waals surface area contributed by atoms with Crippen molar-refractivity contribution in [2.75, 3.05) is 18.5 Å². The van der Waals surface area contributed by atoms with Crippen molar-refractivity contribution >= 4 is 5.69 Å². The van der Waals surface area contributed by atoms with Gasteiger partial charge in [-0.15, -0.1) is 0 Å². The Kier molecular flexibility index (Phi) is 2.73. The summed E-state index contributed by atoms with van der Waals surface area (Å²) in [6.07, 6.45) is 1.33. The van der Waals surface area contributed by atoms with Crippen molar-refractivity contribution < 1.29 is 0 Å². The summed E-state index contributed by atoms with van der Waals surface area (Å²) in [5.41, 5.74) is 2.74. The van der Waals surface area contributed by atoms with Crippen LogP contribution >= 0.6 is 0 Å². The summed E-state index contributed by atoms with van der Waals surface area (Å²) < 4.78 is 0. The number of nitrogens with one attached hydrogen (secondary N) is 1. The average Bonchev–Trinajstić information content (AvgIpc) is 2.17. The summed E-state index contributed by atoms with van der Waals surface area (Å²) in [5.74, 6) is 0. The molecule has 1 saturated heterocycles. The maximum absolute atomic E-state index is 3.18. The van der Waals surface area contributed by atoms with Crippen LogP contribution in [0.4, 0.5) is 5.69 Å². The smallest absolute Gasteiger partial charge is 0.0371 e. The van der Waals surface area contributed by atoms with Crippen molar-refractivity contribution in [3.05, 3.63) is 29.8 Å². The fourth-order valence-corrected chi connectivity index (χ4v) is 1.95. The Morgan fingerprint density at radius 3 is 2.93 bits per heavy atom. The van der Waals surface area contributed by atoms with Crippen LogP contribution in [0.15, 0.2) is 24.3 Å². The summed E-state index contributed by atoms with van der Waals surface area (Å²) >= 11 is 0. The van der Waals surface area contributed by atoms with Crippen molar-refractivity contribution in [2.45, 2.75) is 25.9 Å². The molecular formula is C12H18N2. The van der Waals surface area contributed by atoms with E-state index in [0.29, 0.717) is 0 Å². The topological polar surface area (TPSA) is 15.3 Å². The molecule has 1 unspecified atom stereocenters. The van der Waals surface area contributed by atoms with E-state index >= 15 is 0 Å². The van der Waals surface area contributed by atoms with Gasteiger partial charge in [-0.3, -0.25) is 0 Å². The van der Waals surface area contributed by atoms with Gasteiger partial charge in [0.2, 0.25) is 0 Å². The number of benzene rings is 1. The number of nitrogens with zero attached hydrogens (tertiary/aromatic N) is 1. The Hall–Kier alpha value is -1.02. The van der Waals surface area contributed by atoms with Gasteiger partial charge in [-0.25, -0.2) is 0 Å². The number of hydrogen-bond acceptors (Lipinski definition) is 2. The van der Waals surface area contributed by atoms with Crippen LogP contribution in [0, 0.1) is 0 Å². The van der Waals surface area contributed by atoms with Gasteiger partial charge in [-0.1, -0.05) is 12.1 Å². The Balaban J connectivity index is 2.13. The monoisotopic (exact) mass is 190 g/mol. The third kappa shape index (κ3) is 1.75. The fourth-order valence-electron chi connectivity index (χ4n) is 1.95. The summed E-state index contributed by atoms with van der Waals surface area (Å²) in [6, 6.07) is 9.53. The summed E-state index contributed by atoms with van der Waals surface area (Å²) in [5, 5.41) is 3.18. The molecule has 0 bridgehead atoms. The van der Waals surface area contributed by atoms with Crippen LogP contribution in [0.3, 0.4) is 0 Å². The molecule has 1 aliphatic rings. The van der Waals surface area contributed by atoms with Gasteiger partial charge < -0.3 is 10.2 Å². The number of rotatable bonds is 3. The molecule has 0 amide bonds. The Morgan fingerprint density at radius 2 is 2.36 bits per heavy atom. The lowest BCUT2D eigenvalue weighted by atomic mass is 10.0. The highest BCUT2D eigenvalue weighted by molar-refractivity contribution is 5.51. The molecule has 1 aliphatic heterocycles. The van der Waals surface area contributed by atoms with Crippen LogP contribution in [-0.2, 0) is 6.54 Å². The first kappa shape index (κ1) is 9.53. The van der Waals surface area contributed by atoms with E-state index in [-0.39, 0.29) is 0 Å². The van der Waals surface area contributed by atoms with Gasteiger partial charge in [-0.05, 0) is 38.1 Å². The molecule has 0 saturated carbocycles. The predicted molar refractivity (Wildman–Crippen MR) is 60.6 cm³/mol. The molecule has 1 atom stereocenters. The van der Waals surface area contributed by atoms with E-state index in [9.17, 15) is 0 Å². The second-order valence-corrected chi connectivity index (χ2v) is 4.03. The van der Waals surface area contributed by atoms with Gasteiger partial charge in [0.25, 0.3) is 0 Å². The zero-order valence-electron chi connectivity index (χ0n) is 8.96. The Labute approximate surface area is 85.9 Å². The summed E-state index contributed by atoms with van der Waals surface area (Å²) in [6.45, 7) is 4.45. The number of hydrogen-bond donors (Lipinski definition) is 1. The average molecular weight is 190 g/mol. The maximum atomic E-state index is 3.18. The lowest BCUT2D eigenvalue weighted by molar-refractivity contribution is 0.481. The maximum Gasteiger partial charge on any atom is 0.0371 e. The second kappa shape index (κ2) is 4.01. The second-order valence-electron chi connectivity index (χ2n) is 4.03. The molecule has 2 rings (SSSR count). The van der Waals surface area contributed by atoms with E-state index < -0.39 is 0 Å². The molecule has 1 aromatic carbocycles. The molecule has 0 spiro atoms. The number of anilines is 1. The molecule has 2 heteroatoms. The zero-order valence-corrected chi connectivity index (χ0v) is 8.96. The van der Waals surface area contributed by atoms with Crippen LogP contribution in [0.5, 0.6) is 0 Å². The predicted octanol–water partition coefficient (Wildman–Crippen LogP) is 2.00. The van der Waals surface area contributed by atoms with Crippen LogP contribution in [-0.4, -0.2) is 19.6 Å². The van der Waals surface area contributed by atoms with Gasteiger partial charge in [-0.2, -0.15) is 0 Å². The highest BCUT2D eigenvalue weighted by Gasteiger charge is 2.23. The third-order valence-corrected chi connectivity index (χ3v) is 2.94. The minimum Gasteiger partial charge on any atom is -0.369 e. The van der Waals surface area contributed by atoms with Gasteiger partial charge in [0.1, 0.15) is 0 Å². The largest absolute Gasteiger partial charge is 0.369 e. The summed E-state index contributed by atoms with van der Waals surface area (Å²) in [4.78, 5) is 2.46. The minimum absolute atomic E-state index is 0.722. The van der Waals surface area contributed by atoms with Crippen molar-refractivity contribution in [3.63, 3.8) is 0 Å². The molecule has 1 heterocycles. The molecule has 0 aliphatic carbocycles. The van der Waals surface area contributed by atoms with E-state index in [1.807, 2.05) is 7.05 Å². The summed E-state index contributed by atoms with van der Waals surface area (Å²) in [7, 11) is 1.99. The van der Waals surface area contributed by atoms with E-state index in [2.05, 4.69) is 41.4 Å². The highest BCUT2D eigenvalue weighted by Crippen LogP contribution is 2.26. The molecule has 1 fully saturated rings. The van der Waals surface area contributed by atoms with Gasteiger partial charge in [0.05, 0.1) is 0 Å². The van der Waals surface area contributed by atoms with E-state index in [1.165, 1.54) is 24.2 Å². The normalized spacial score (nSPS) is 20.7. The van der Waals surface area contributed by atoms with Gasteiger partial charge in [0, 0.05) is 24.8 Å². The Bertz CT molecular complexity index is 309. The molecule has 76 valence electrons. The van der Waals surface area contributed by atoms with Gasteiger partial charge >= 0.3 is 0 Å². The molecule has 0 radical (unpaired) electrons. The first-order valence-corrected chi connectivity index (χ1v) is 5.31. The standard InChI is InChI=1S/C12H18N2/c1-10-6-7-14(10)12-5-3-4-11(8-12)9-13-2/h3-5,8,10,13H,6-7,9H2,1-2H3. The van der Waals surface area contributed by atoms with Crippen LogP contribution < -0.4 is 10.2 Å². The SMILES string of the molecule is CNCc1cccc(N2CCC2C)c1. The molecule has 1 aromatic rings. The van der Waals surface area contributed by atoms with Crippen LogP contribution in [0.1, 0.15) is 18.9 Å². The molecular weight excluding hydrogens is 172 g/mol. The lowest BCUT2D eigenvalue weighted by Crippen LogP contribution is -2.45. The molecule has 0 aromatic heterocycles. The molecule has 1 N–H and O–H groups in total. The van der Waals surface area contributed by atoms with Crippen molar-refractivity contribution in [1.82, 2.24) is 5.32 Å². The van der Waals surface area contributed by atoms with Crippen molar-refractivity contribution in [1.29, 1.82) is 0 Å². The lowest BCUT2D eigenvalue weighted by Gasteiger charge is -2.41. The van der Waals surface area contributed by atoms with Crippen LogP contribution in [0.2, 0.25) is 0 Å². The third-order valence-electron chi connectivity index (χ3n) is 2.94. The van der Waals surface area contributed by atoms with E-state index in [0.717, 1.165) is 12.6 Å². The molecule has 2 nitrogen and oxygen atoms in total.